The summed E-state index contributed by atoms with van der Waals surface area (Å²) in [4.78, 5) is 14.4. The number of likely N-dealkylation sites (tertiary alicyclic amines) is 1. The summed E-state index contributed by atoms with van der Waals surface area (Å²) in [6, 6.07) is 9.57. The Hall–Kier alpha value is -2.32. The third-order valence-electron chi connectivity index (χ3n) is 5.30. The van der Waals surface area contributed by atoms with Gasteiger partial charge in [-0.25, -0.2) is 21.9 Å². The number of rotatable bonds is 6. The number of amides is 1. The Morgan fingerprint density at radius 2 is 1.93 bits per heavy atom. The van der Waals surface area contributed by atoms with E-state index >= 15 is 0 Å². The van der Waals surface area contributed by atoms with Gasteiger partial charge in [-0.15, -0.1) is 0 Å². The van der Waals surface area contributed by atoms with Crippen molar-refractivity contribution in [3.8, 4) is 11.1 Å². The van der Waals surface area contributed by atoms with Gasteiger partial charge < -0.3 is 4.90 Å². The number of halogens is 2. The van der Waals surface area contributed by atoms with E-state index in [1.807, 2.05) is 19.9 Å². The van der Waals surface area contributed by atoms with Gasteiger partial charge in [-0.3, -0.25) is 4.79 Å². The molecule has 0 aromatic heterocycles. The average molecular weight is 437 g/mol. The highest BCUT2D eigenvalue weighted by molar-refractivity contribution is 7.88. The third-order valence-corrected chi connectivity index (χ3v) is 6.03. The molecule has 0 saturated carbocycles. The molecule has 0 bridgehead atoms. The maximum absolute atomic E-state index is 14.2. The predicted octanol–water partition coefficient (Wildman–Crippen LogP) is 3.35. The number of hydrogen-bond acceptors (Lipinski definition) is 3. The number of carbonyl (C=O) groups is 1. The number of sulfonamides is 1. The van der Waals surface area contributed by atoms with Crippen LogP contribution in [0.25, 0.3) is 11.1 Å². The van der Waals surface area contributed by atoms with Gasteiger partial charge in [-0.1, -0.05) is 38.1 Å². The molecule has 2 aromatic rings. The van der Waals surface area contributed by atoms with Crippen molar-refractivity contribution in [3.63, 3.8) is 0 Å². The Kier molecular flexibility index (Phi) is 6.57. The summed E-state index contributed by atoms with van der Waals surface area (Å²) in [5.41, 5.74) is 1.49. The van der Waals surface area contributed by atoms with Gasteiger partial charge in [0.1, 0.15) is 11.6 Å². The maximum Gasteiger partial charge on any atom is 0.225 e. The molecule has 1 saturated heterocycles. The summed E-state index contributed by atoms with van der Waals surface area (Å²) < 4.78 is 54.1. The van der Waals surface area contributed by atoms with Crippen LogP contribution < -0.4 is 4.72 Å². The average Bonchev–Trinajstić information content (AvgIpc) is 3.03. The van der Waals surface area contributed by atoms with Crippen LogP contribution in [0, 0.1) is 17.6 Å². The second-order valence-electron chi connectivity index (χ2n) is 8.07. The van der Waals surface area contributed by atoms with Crippen molar-refractivity contribution in [2.75, 3.05) is 12.8 Å². The Labute approximate surface area is 176 Å². The van der Waals surface area contributed by atoms with E-state index in [0.29, 0.717) is 24.9 Å². The van der Waals surface area contributed by atoms with Gasteiger partial charge in [0.05, 0.1) is 12.3 Å². The first-order valence-electron chi connectivity index (χ1n) is 9.87. The van der Waals surface area contributed by atoms with E-state index in [0.717, 1.165) is 30.0 Å². The fourth-order valence-electron chi connectivity index (χ4n) is 3.95. The van der Waals surface area contributed by atoms with Crippen LogP contribution >= 0.6 is 0 Å². The van der Waals surface area contributed by atoms with Gasteiger partial charge in [-0.2, -0.15) is 0 Å². The molecule has 8 heteroatoms. The molecule has 1 fully saturated rings. The highest BCUT2D eigenvalue weighted by Crippen LogP contribution is 2.28. The van der Waals surface area contributed by atoms with Crippen LogP contribution in [0.4, 0.5) is 8.78 Å². The van der Waals surface area contributed by atoms with Crippen molar-refractivity contribution in [3.05, 3.63) is 59.7 Å². The molecule has 2 atom stereocenters. The van der Waals surface area contributed by atoms with Crippen LogP contribution in [-0.2, 0) is 21.2 Å². The minimum absolute atomic E-state index is 0.0369. The number of benzene rings is 2. The quantitative estimate of drug-likeness (QED) is 0.755. The van der Waals surface area contributed by atoms with Gasteiger partial charge in [0, 0.05) is 24.1 Å². The van der Waals surface area contributed by atoms with Crippen LogP contribution in [0.5, 0.6) is 0 Å². The Bertz CT molecular complexity index is 1040. The lowest BCUT2D eigenvalue weighted by molar-refractivity contribution is -0.135. The van der Waals surface area contributed by atoms with E-state index in [4.69, 9.17) is 0 Å². The molecular weight excluding hydrogens is 410 g/mol. The highest BCUT2D eigenvalue weighted by Gasteiger charge is 2.38. The molecule has 1 amide bonds. The van der Waals surface area contributed by atoms with Crippen molar-refractivity contribution in [1.29, 1.82) is 0 Å². The number of nitrogens with one attached hydrogen (secondary N) is 1. The van der Waals surface area contributed by atoms with Crippen molar-refractivity contribution in [2.45, 2.75) is 38.8 Å². The van der Waals surface area contributed by atoms with E-state index in [9.17, 15) is 22.0 Å². The van der Waals surface area contributed by atoms with E-state index in [1.54, 1.807) is 23.1 Å². The molecule has 30 heavy (non-hydrogen) atoms. The van der Waals surface area contributed by atoms with Gasteiger partial charge >= 0.3 is 0 Å². The zero-order chi connectivity index (χ0) is 22.1. The minimum Gasteiger partial charge on any atom is -0.337 e. The molecule has 0 radical (unpaired) electrons. The van der Waals surface area contributed by atoms with E-state index < -0.39 is 27.7 Å². The molecule has 1 aliphatic heterocycles. The molecule has 1 N–H and O–H groups in total. The summed E-state index contributed by atoms with van der Waals surface area (Å²) in [5.74, 6) is -1.30. The van der Waals surface area contributed by atoms with E-state index in [-0.39, 0.29) is 23.4 Å². The van der Waals surface area contributed by atoms with Crippen LogP contribution in [0.1, 0.15) is 25.8 Å². The second-order valence-corrected chi connectivity index (χ2v) is 9.85. The Balaban J connectivity index is 1.92. The monoisotopic (exact) mass is 436 g/mol. The molecule has 5 nitrogen and oxygen atoms in total. The number of nitrogens with zero attached hydrogens (tertiary/aromatic N) is 1. The molecule has 0 unspecified atom stereocenters. The highest BCUT2D eigenvalue weighted by atomic mass is 32.2. The van der Waals surface area contributed by atoms with Gasteiger partial charge in [0.25, 0.3) is 0 Å². The number of hydrogen-bond donors (Lipinski definition) is 1. The van der Waals surface area contributed by atoms with E-state index in [1.165, 1.54) is 0 Å². The van der Waals surface area contributed by atoms with Crippen LogP contribution in [0.3, 0.4) is 0 Å². The van der Waals surface area contributed by atoms with Crippen molar-refractivity contribution >= 4 is 15.9 Å². The first-order chi connectivity index (χ1) is 14.0. The predicted molar refractivity (Wildman–Crippen MR) is 112 cm³/mol. The van der Waals surface area contributed by atoms with Crippen molar-refractivity contribution in [1.82, 2.24) is 9.62 Å². The largest absolute Gasteiger partial charge is 0.337 e. The SMILES string of the molecule is CC(C)C(=O)N1CC[C@H](NS(C)(=O)=O)[C@@H]1Cc1cccc(-c2cc(F)ccc2F)c1. The molecular formula is C22H26F2N2O3S. The topological polar surface area (TPSA) is 66.5 Å². The zero-order valence-corrected chi connectivity index (χ0v) is 18.0. The first-order valence-corrected chi connectivity index (χ1v) is 11.8. The zero-order valence-electron chi connectivity index (χ0n) is 17.2. The molecule has 0 spiro atoms. The van der Waals surface area contributed by atoms with Crippen LogP contribution in [0.2, 0.25) is 0 Å². The molecule has 1 heterocycles. The standard InChI is InChI=1S/C22H26F2N2O3S/c1-14(2)22(27)26-10-9-20(25-30(3,28)29)21(26)12-15-5-4-6-16(11-15)18-13-17(23)7-8-19(18)24/h4-8,11,13-14,20-21,25H,9-10,12H2,1-3H3/t20-,21-/m0/s1. The molecule has 162 valence electrons. The summed E-state index contributed by atoms with van der Waals surface area (Å²) in [6.07, 6.45) is 2.02. The van der Waals surface area contributed by atoms with Crippen LogP contribution in [0.15, 0.2) is 42.5 Å². The van der Waals surface area contributed by atoms with Crippen LogP contribution in [-0.4, -0.2) is 44.1 Å². The fourth-order valence-corrected chi connectivity index (χ4v) is 4.77. The normalized spacial score (nSPS) is 19.5. The van der Waals surface area contributed by atoms with Gasteiger partial charge in [0.2, 0.25) is 15.9 Å². The molecule has 2 aromatic carbocycles. The summed E-state index contributed by atoms with van der Waals surface area (Å²) in [7, 11) is -3.44. The lowest BCUT2D eigenvalue weighted by atomic mass is 9.96. The molecule has 0 aliphatic carbocycles. The fraction of sp³-hybridized carbons (Fsp3) is 0.409. The summed E-state index contributed by atoms with van der Waals surface area (Å²) in [6.45, 7) is 4.08. The summed E-state index contributed by atoms with van der Waals surface area (Å²) in [5, 5.41) is 0. The lowest BCUT2D eigenvalue weighted by Gasteiger charge is -2.30. The Morgan fingerprint density at radius 1 is 1.20 bits per heavy atom. The second kappa shape index (κ2) is 8.81. The maximum atomic E-state index is 14.2. The summed E-state index contributed by atoms with van der Waals surface area (Å²) >= 11 is 0. The van der Waals surface area contributed by atoms with Crippen molar-refractivity contribution in [2.24, 2.45) is 5.92 Å². The van der Waals surface area contributed by atoms with E-state index in [2.05, 4.69) is 4.72 Å². The van der Waals surface area contributed by atoms with Gasteiger partial charge in [-0.05, 0) is 42.2 Å². The third kappa shape index (κ3) is 5.23. The smallest absolute Gasteiger partial charge is 0.225 e. The first kappa shape index (κ1) is 22.4. The number of carbonyl (C=O) groups excluding carboxylic acids is 1. The lowest BCUT2D eigenvalue weighted by Crippen LogP contribution is -2.48. The van der Waals surface area contributed by atoms with Gasteiger partial charge in [0.15, 0.2) is 0 Å². The van der Waals surface area contributed by atoms with Crippen molar-refractivity contribution < 1.29 is 22.0 Å². The molecule has 3 rings (SSSR count). The molecule has 1 aliphatic rings. The minimum atomic E-state index is -3.44. The Morgan fingerprint density at radius 3 is 2.60 bits per heavy atom.